The van der Waals surface area contributed by atoms with E-state index in [0.717, 1.165) is 34.0 Å². The van der Waals surface area contributed by atoms with Crippen LogP contribution in [0.5, 0.6) is 0 Å². The maximum absolute atomic E-state index is 13.4. The normalized spacial score (nSPS) is 12.0. The Bertz CT molecular complexity index is 1830. The average Bonchev–Trinajstić information content (AvgIpc) is 3.57. The Labute approximate surface area is 216 Å². The molecule has 0 unspecified atom stereocenters. The number of rotatable bonds is 4. The number of aromatic nitrogens is 6. The first-order valence-corrected chi connectivity index (χ1v) is 12.1. The predicted octanol–water partition coefficient (Wildman–Crippen LogP) is 4.64. The summed E-state index contributed by atoms with van der Waals surface area (Å²) < 4.78 is 41.5. The molecule has 182 valence electrons. The molecule has 4 aromatic heterocycles. The van der Waals surface area contributed by atoms with Crippen LogP contribution in [0.1, 0.15) is 27.6 Å². The molecular formula is C26H16AsF3N6O. The van der Waals surface area contributed by atoms with Crippen LogP contribution in [0.4, 0.5) is 13.2 Å². The van der Waals surface area contributed by atoms with Crippen LogP contribution in [-0.2, 0) is 6.18 Å². The van der Waals surface area contributed by atoms with E-state index in [4.69, 9.17) is 0 Å². The maximum atomic E-state index is 13.4. The number of alkyl halides is 3. The Kier molecular flexibility index (Phi) is 5.31. The Morgan fingerprint density at radius 3 is 2.62 bits per heavy atom. The van der Waals surface area contributed by atoms with E-state index in [2.05, 4.69) is 41.9 Å². The Morgan fingerprint density at radius 2 is 1.81 bits per heavy atom. The standard InChI is InChI=1S/C26H16AsF3N6O/c1-13-32-19-8-7-16(11-21(19)33-13)36-25(27)17(12-31-36)24(37)22-10-15-6-5-14(9-20(15)34-22)18-3-2-4-23(35-18)26(28,29)30/h2-12,34H,1H3,(H,32,33). The van der Waals surface area contributed by atoms with E-state index in [1.165, 1.54) is 18.3 Å². The van der Waals surface area contributed by atoms with Crippen LogP contribution >= 0.6 is 0 Å². The first kappa shape index (κ1) is 23.2. The van der Waals surface area contributed by atoms with Gasteiger partial charge in [-0.3, -0.25) is 0 Å². The number of halogens is 3. The van der Waals surface area contributed by atoms with Gasteiger partial charge in [-0.2, -0.15) is 13.2 Å². The number of nitrogens with zero attached hydrogens (tertiary/aromatic N) is 4. The molecule has 2 aromatic carbocycles. The molecule has 0 aliphatic heterocycles. The van der Waals surface area contributed by atoms with E-state index >= 15 is 0 Å². The van der Waals surface area contributed by atoms with Gasteiger partial charge in [0.1, 0.15) is 0 Å². The Morgan fingerprint density at radius 1 is 0.973 bits per heavy atom. The van der Waals surface area contributed by atoms with Crippen LogP contribution in [0.3, 0.4) is 0 Å². The fraction of sp³-hybridized carbons (Fsp3) is 0.0769. The van der Waals surface area contributed by atoms with Gasteiger partial charge in [0.05, 0.1) is 0 Å². The third-order valence-electron chi connectivity index (χ3n) is 6.02. The number of aromatic amines is 2. The summed E-state index contributed by atoms with van der Waals surface area (Å²) in [5, 5.41) is 5.16. The van der Waals surface area contributed by atoms with Crippen LogP contribution in [0.15, 0.2) is 66.9 Å². The van der Waals surface area contributed by atoms with Crippen molar-refractivity contribution in [2.24, 2.45) is 0 Å². The second-order valence-electron chi connectivity index (χ2n) is 8.54. The number of aryl methyl sites for hydroxylation is 1. The number of hydrogen-bond acceptors (Lipinski definition) is 4. The molecule has 6 rings (SSSR count). The zero-order chi connectivity index (χ0) is 25.9. The number of ketones is 1. The molecule has 0 atom stereocenters. The molecule has 0 amide bonds. The molecule has 4 heterocycles. The van der Waals surface area contributed by atoms with Crippen molar-refractivity contribution in [2.75, 3.05) is 0 Å². The molecule has 0 fully saturated rings. The molecule has 2 N–H and O–H groups in total. The summed E-state index contributed by atoms with van der Waals surface area (Å²) in [7, 11) is 0. The van der Waals surface area contributed by atoms with Crippen molar-refractivity contribution in [1.29, 1.82) is 0 Å². The molecule has 0 saturated carbocycles. The fourth-order valence-electron chi connectivity index (χ4n) is 4.26. The average molecular weight is 560 g/mol. The van der Waals surface area contributed by atoms with Crippen molar-refractivity contribution in [2.45, 2.75) is 13.1 Å². The molecule has 0 spiro atoms. The van der Waals surface area contributed by atoms with Gasteiger partial charge in [0.2, 0.25) is 0 Å². The van der Waals surface area contributed by atoms with Crippen molar-refractivity contribution in [3.63, 3.8) is 0 Å². The first-order valence-electron chi connectivity index (χ1n) is 11.1. The number of hydrogen-bond donors (Lipinski definition) is 2. The number of fused-ring (bicyclic) bond motifs is 2. The second kappa shape index (κ2) is 8.45. The van der Waals surface area contributed by atoms with Crippen LogP contribution in [0, 0.1) is 6.92 Å². The number of pyridine rings is 1. The minimum absolute atomic E-state index is 0.193. The summed E-state index contributed by atoms with van der Waals surface area (Å²) >= 11 is 2.38. The van der Waals surface area contributed by atoms with Crippen molar-refractivity contribution in [1.82, 2.24) is 29.7 Å². The number of carbonyl (C=O) groups excluding carboxylic acids is 1. The van der Waals surface area contributed by atoms with Crippen LogP contribution < -0.4 is 4.48 Å². The molecule has 0 bridgehead atoms. The summed E-state index contributed by atoms with van der Waals surface area (Å²) in [5.74, 6) is 0.553. The molecule has 11 heteroatoms. The quantitative estimate of drug-likeness (QED) is 0.243. The minimum atomic E-state index is -4.53. The van der Waals surface area contributed by atoms with Crippen LogP contribution in [0.25, 0.3) is 38.9 Å². The van der Waals surface area contributed by atoms with Gasteiger partial charge in [0.25, 0.3) is 0 Å². The van der Waals surface area contributed by atoms with Crippen LogP contribution in [0.2, 0.25) is 0 Å². The molecule has 7 nitrogen and oxygen atoms in total. The molecule has 2 radical (unpaired) electrons. The molecule has 0 aliphatic carbocycles. The summed E-state index contributed by atoms with van der Waals surface area (Å²) in [6.45, 7) is 1.88. The topological polar surface area (TPSA) is 92.2 Å². The molecule has 0 aliphatic rings. The summed E-state index contributed by atoms with van der Waals surface area (Å²) in [5.41, 5.74) is 3.59. The number of benzene rings is 2. The number of imidazole rings is 1. The van der Waals surface area contributed by atoms with E-state index < -0.39 is 11.9 Å². The third-order valence-corrected chi connectivity index (χ3v) is 6.92. The SMILES string of the molecule is Cc1nc2ccc(-n3ncc(C(=O)c4cc5ccc(-c6cccc(C(F)(F)F)n6)cc5[nH]4)c3[As])cc2[nH]1. The second-order valence-corrected chi connectivity index (χ2v) is 9.43. The molecule has 6 aromatic rings. The molecular weight excluding hydrogens is 544 g/mol. The van der Waals surface area contributed by atoms with E-state index in [1.807, 2.05) is 25.1 Å². The molecule has 0 saturated heterocycles. The summed E-state index contributed by atoms with van der Waals surface area (Å²) in [6.07, 6.45) is -3.02. The van der Waals surface area contributed by atoms with Gasteiger partial charge in [0.15, 0.2) is 0 Å². The van der Waals surface area contributed by atoms with Gasteiger partial charge in [-0.15, -0.1) is 0 Å². The summed E-state index contributed by atoms with van der Waals surface area (Å²) in [4.78, 5) is 27.8. The van der Waals surface area contributed by atoms with E-state index in [9.17, 15) is 18.0 Å². The predicted molar refractivity (Wildman–Crippen MR) is 133 cm³/mol. The van der Waals surface area contributed by atoms with Gasteiger partial charge in [-0.1, -0.05) is 0 Å². The van der Waals surface area contributed by atoms with E-state index in [-0.39, 0.29) is 11.5 Å². The Hall–Kier alpha value is -4.17. The summed E-state index contributed by atoms with van der Waals surface area (Å²) in [6, 6.07) is 16.3. The van der Waals surface area contributed by atoms with Gasteiger partial charge in [-0.25, -0.2) is 0 Å². The third kappa shape index (κ3) is 4.13. The van der Waals surface area contributed by atoms with Gasteiger partial charge in [-0.05, 0) is 0 Å². The molecule has 37 heavy (non-hydrogen) atoms. The number of carbonyl (C=O) groups is 1. The zero-order valence-corrected chi connectivity index (χ0v) is 21.0. The number of nitrogens with one attached hydrogen (secondary N) is 2. The van der Waals surface area contributed by atoms with Crippen molar-refractivity contribution in [3.05, 3.63) is 89.6 Å². The van der Waals surface area contributed by atoms with Crippen molar-refractivity contribution < 1.29 is 18.0 Å². The first-order chi connectivity index (χ1) is 17.7. The van der Waals surface area contributed by atoms with Gasteiger partial charge in [0, 0.05) is 0 Å². The van der Waals surface area contributed by atoms with Crippen LogP contribution in [-0.4, -0.2) is 52.4 Å². The van der Waals surface area contributed by atoms with Gasteiger partial charge < -0.3 is 0 Å². The monoisotopic (exact) mass is 560 g/mol. The van der Waals surface area contributed by atoms with Crippen molar-refractivity contribution >= 4 is 49.1 Å². The van der Waals surface area contributed by atoms with E-state index in [1.54, 1.807) is 28.9 Å². The van der Waals surface area contributed by atoms with Gasteiger partial charge >= 0.3 is 203 Å². The number of H-pyrrole nitrogens is 2. The fourth-order valence-corrected chi connectivity index (χ4v) is 4.94. The van der Waals surface area contributed by atoms with Crippen molar-refractivity contribution in [3.8, 4) is 16.9 Å². The zero-order valence-electron chi connectivity index (χ0n) is 19.1. The Balaban J connectivity index is 1.33. The van der Waals surface area contributed by atoms with E-state index in [0.29, 0.717) is 26.8 Å².